The molecule has 0 aliphatic carbocycles. The molecule has 218 valence electrons. The van der Waals surface area contributed by atoms with Crippen molar-refractivity contribution in [2.45, 2.75) is 86.8 Å². The Morgan fingerprint density at radius 1 is 0.556 bits per heavy atom. The van der Waals surface area contributed by atoms with Crippen LogP contribution in [0.5, 0.6) is 0 Å². The van der Waals surface area contributed by atoms with Crippen molar-refractivity contribution in [3.05, 3.63) is 0 Å². The molecule has 4 atom stereocenters. The first kappa shape index (κ1) is 34.9. The van der Waals surface area contributed by atoms with E-state index in [1.54, 1.807) is 0 Å². The van der Waals surface area contributed by atoms with Gasteiger partial charge < -0.3 is 8.85 Å². The summed E-state index contributed by atoms with van der Waals surface area (Å²) in [6, 6.07) is 0. The molecule has 0 saturated heterocycles. The van der Waals surface area contributed by atoms with E-state index in [2.05, 4.69) is 0 Å². The van der Waals surface area contributed by atoms with Crippen molar-refractivity contribution >= 4 is 9.28 Å². The second-order valence-corrected chi connectivity index (χ2v) is 9.72. The van der Waals surface area contributed by atoms with E-state index in [1.165, 1.54) is 0 Å². The molecule has 0 aromatic heterocycles. The summed E-state index contributed by atoms with van der Waals surface area (Å²) in [4.78, 5) is 0. The maximum atomic E-state index is 14.3. The third kappa shape index (κ3) is 5.53. The van der Waals surface area contributed by atoms with Crippen LogP contribution in [-0.2, 0) is 8.85 Å². The molecule has 0 bridgehead atoms. The van der Waals surface area contributed by atoms with Crippen LogP contribution in [-0.4, -0.2) is 83.0 Å². The molecule has 0 N–H and O–H groups in total. The highest BCUT2D eigenvalue weighted by atomic mass is 28.3. The lowest BCUT2D eigenvalue weighted by Crippen LogP contribution is -2.73. The summed E-state index contributed by atoms with van der Waals surface area (Å²) in [5, 5.41) is 0. The molecule has 0 spiro atoms. The molecule has 0 aliphatic rings. The van der Waals surface area contributed by atoms with Gasteiger partial charge in [-0.15, -0.1) is 0 Å². The van der Waals surface area contributed by atoms with Gasteiger partial charge in [-0.1, -0.05) is 6.92 Å². The maximum absolute atomic E-state index is 14.3. The Morgan fingerprint density at radius 3 is 1.14 bits per heavy atom. The number of alkyl halides is 17. The van der Waals surface area contributed by atoms with Crippen molar-refractivity contribution in [1.82, 2.24) is 0 Å². The van der Waals surface area contributed by atoms with Gasteiger partial charge in [0.05, 0.1) is 0 Å². The Balaban J connectivity index is 6.57. The number of hydrogen-bond acceptors (Lipinski definition) is 2. The summed E-state index contributed by atoms with van der Waals surface area (Å²) in [5.41, 5.74) is -2.56. The minimum atomic E-state index is -8.39. The van der Waals surface area contributed by atoms with Gasteiger partial charge in [0.1, 0.15) is 0 Å². The van der Waals surface area contributed by atoms with Crippen LogP contribution < -0.4 is 0 Å². The van der Waals surface area contributed by atoms with Crippen molar-refractivity contribution in [2.24, 2.45) is 0 Å². The third-order valence-electron chi connectivity index (χ3n) is 4.79. The zero-order valence-electron chi connectivity index (χ0n) is 18.1. The zero-order valence-corrected chi connectivity index (χ0v) is 19.3. The average Bonchev–Trinajstić information content (AvgIpc) is 2.75. The van der Waals surface area contributed by atoms with Crippen LogP contribution in [0.3, 0.4) is 0 Å². The molecule has 0 aromatic rings. The van der Waals surface area contributed by atoms with Gasteiger partial charge in [0.25, 0.3) is 6.43 Å². The summed E-state index contributed by atoms with van der Waals surface area (Å²) in [6.45, 7) is 1.80. The Hall–Kier alpha value is -1.05. The van der Waals surface area contributed by atoms with E-state index in [0.717, 1.165) is 13.8 Å². The van der Waals surface area contributed by atoms with Gasteiger partial charge >= 0.3 is 44.8 Å². The van der Waals surface area contributed by atoms with E-state index < -0.39 is 88.5 Å². The van der Waals surface area contributed by atoms with Crippen molar-refractivity contribution < 1.29 is 83.5 Å². The van der Waals surface area contributed by atoms with Crippen LogP contribution in [0.4, 0.5) is 74.6 Å². The molecule has 0 heterocycles. The fourth-order valence-electron chi connectivity index (χ4n) is 2.64. The monoisotopic (exact) mass is 594 g/mol. The minimum absolute atomic E-state index is 0.329. The molecule has 0 amide bonds. The summed E-state index contributed by atoms with van der Waals surface area (Å²) in [7, 11) is -3.80. The smallest absolute Gasteiger partial charge is 0.384 e. The molecule has 0 saturated carbocycles. The predicted octanol–water partition coefficient (Wildman–Crippen LogP) is 6.76. The number of hydrogen-bond donors (Lipinski definition) is 0. The second kappa shape index (κ2) is 11.4. The second-order valence-electron chi connectivity index (χ2n) is 7.26. The topological polar surface area (TPSA) is 18.5 Å². The van der Waals surface area contributed by atoms with E-state index in [0.29, 0.717) is 6.92 Å². The first-order chi connectivity index (χ1) is 15.9. The van der Waals surface area contributed by atoms with E-state index in [1.807, 2.05) is 0 Å². The Labute approximate surface area is 193 Å². The summed E-state index contributed by atoms with van der Waals surface area (Å²) < 4.78 is 239. The van der Waals surface area contributed by atoms with Crippen molar-refractivity contribution in [1.29, 1.82) is 0 Å². The fraction of sp³-hybridized carbons (Fsp3) is 1.00. The standard InChI is InChI=1S/C16H19F17O2Si/c1-4-34-36(35-5-2)6(3)8(18)11(22,23)13(26,27)15(30,31)16(32,33)14(28,29)12(24,25)9(19)7(17)10(20)21/h6-10,36H,4-5H2,1-3H3. The summed E-state index contributed by atoms with van der Waals surface area (Å²) in [5.74, 6) is -47.4. The molecule has 2 nitrogen and oxygen atoms in total. The predicted molar refractivity (Wildman–Crippen MR) is 90.2 cm³/mol. The lowest BCUT2D eigenvalue weighted by molar-refractivity contribution is -0.434. The van der Waals surface area contributed by atoms with Gasteiger partial charge in [0.15, 0.2) is 12.3 Å². The molecule has 4 unspecified atom stereocenters. The minimum Gasteiger partial charge on any atom is -0.397 e. The molecule has 36 heavy (non-hydrogen) atoms. The number of rotatable bonds is 15. The van der Waals surface area contributed by atoms with Crippen LogP contribution in [0.1, 0.15) is 20.8 Å². The van der Waals surface area contributed by atoms with Crippen LogP contribution in [0.15, 0.2) is 0 Å². The Kier molecular flexibility index (Phi) is 11.0. The first-order valence-corrected chi connectivity index (χ1v) is 11.2. The summed E-state index contributed by atoms with van der Waals surface area (Å²) in [6.07, 6.45) is -20.2. The largest absolute Gasteiger partial charge is 0.397 e. The van der Waals surface area contributed by atoms with Crippen LogP contribution in [0.25, 0.3) is 0 Å². The molecular weight excluding hydrogens is 575 g/mol. The highest BCUT2D eigenvalue weighted by molar-refractivity contribution is 6.46. The van der Waals surface area contributed by atoms with Crippen molar-refractivity contribution in [2.75, 3.05) is 13.2 Å². The van der Waals surface area contributed by atoms with Crippen LogP contribution in [0, 0.1) is 0 Å². The van der Waals surface area contributed by atoms with Crippen LogP contribution in [0.2, 0.25) is 5.54 Å². The van der Waals surface area contributed by atoms with Gasteiger partial charge in [-0.3, -0.25) is 0 Å². The molecule has 20 heteroatoms. The molecule has 0 aliphatic heterocycles. The van der Waals surface area contributed by atoms with Crippen molar-refractivity contribution in [3.63, 3.8) is 0 Å². The maximum Gasteiger partial charge on any atom is 0.384 e. The van der Waals surface area contributed by atoms with Gasteiger partial charge in [-0.05, 0) is 13.8 Å². The molecule has 0 radical (unpaired) electrons. The van der Waals surface area contributed by atoms with Gasteiger partial charge in [0.2, 0.25) is 6.17 Å². The fourth-order valence-corrected chi connectivity index (χ4v) is 4.51. The average molecular weight is 594 g/mol. The van der Waals surface area contributed by atoms with E-state index in [9.17, 15) is 74.6 Å². The third-order valence-corrected chi connectivity index (χ3v) is 7.31. The highest BCUT2D eigenvalue weighted by Gasteiger charge is 2.92. The Morgan fingerprint density at radius 2 is 0.861 bits per heavy atom. The lowest BCUT2D eigenvalue weighted by Gasteiger charge is -2.43. The van der Waals surface area contributed by atoms with E-state index >= 15 is 0 Å². The van der Waals surface area contributed by atoms with Gasteiger partial charge in [-0.25, -0.2) is 22.0 Å². The summed E-state index contributed by atoms with van der Waals surface area (Å²) >= 11 is 0. The van der Waals surface area contributed by atoms with Crippen molar-refractivity contribution in [3.8, 4) is 0 Å². The van der Waals surface area contributed by atoms with Gasteiger partial charge in [-0.2, -0.15) is 52.7 Å². The number of halogens is 17. The van der Waals surface area contributed by atoms with Crippen LogP contribution >= 0.6 is 0 Å². The normalized spacial score (nSPS) is 18.5. The Bertz CT molecular complexity index is 698. The lowest BCUT2D eigenvalue weighted by atomic mass is 9.87. The van der Waals surface area contributed by atoms with E-state index in [-0.39, 0.29) is 0 Å². The first-order valence-electron chi connectivity index (χ1n) is 9.56. The quantitative estimate of drug-likeness (QED) is 0.154. The molecule has 0 aromatic carbocycles. The zero-order chi connectivity index (χ0) is 29.3. The van der Waals surface area contributed by atoms with Gasteiger partial charge in [0, 0.05) is 18.8 Å². The molecule has 0 fully saturated rings. The molecular formula is C16H19F17O2Si. The highest BCUT2D eigenvalue weighted by Crippen LogP contribution is 2.62. The molecule has 0 rings (SSSR count). The van der Waals surface area contributed by atoms with E-state index in [4.69, 9.17) is 8.85 Å². The SMILES string of the molecule is CCO[SiH](OCC)C(C)C(F)C(F)(F)C(F)(F)C(F)(F)C(F)(F)C(F)(F)C(F)(F)C(F)C(F)C(F)F.